The lowest BCUT2D eigenvalue weighted by atomic mass is 10.1. The van der Waals surface area contributed by atoms with E-state index < -0.39 is 10.0 Å². The van der Waals surface area contributed by atoms with Crippen LogP contribution >= 0.6 is 11.6 Å². The van der Waals surface area contributed by atoms with Crippen molar-refractivity contribution in [2.24, 2.45) is 4.99 Å². The van der Waals surface area contributed by atoms with Crippen LogP contribution in [0.3, 0.4) is 0 Å². The van der Waals surface area contributed by atoms with Crippen molar-refractivity contribution in [3.8, 4) is 5.75 Å². The number of aliphatic imine (C=N–C) groups is 1. The van der Waals surface area contributed by atoms with Gasteiger partial charge in [0, 0.05) is 36.3 Å². The van der Waals surface area contributed by atoms with E-state index in [-0.39, 0.29) is 11.8 Å². The van der Waals surface area contributed by atoms with Crippen LogP contribution in [0.2, 0.25) is 5.02 Å². The molecule has 0 amide bonds. The highest BCUT2D eigenvalue weighted by Crippen LogP contribution is 2.23. The third-order valence-electron chi connectivity index (χ3n) is 4.55. The van der Waals surface area contributed by atoms with E-state index in [0.717, 1.165) is 24.9 Å². The summed E-state index contributed by atoms with van der Waals surface area (Å²) in [4.78, 5) is 4.64. The van der Waals surface area contributed by atoms with Crippen molar-refractivity contribution in [3.05, 3.63) is 28.8 Å². The highest BCUT2D eigenvalue weighted by molar-refractivity contribution is 7.89. The van der Waals surface area contributed by atoms with E-state index in [9.17, 15) is 8.42 Å². The lowest BCUT2D eigenvalue weighted by Crippen LogP contribution is -2.50. The molecule has 1 saturated heterocycles. The SMILES string of the molecule is CCNC(=NCc1ccc(Cl)cc1OC)NC1CCN(S(=O)(=O)CC)CC1. The van der Waals surface area contributed by atoms with Gasteiger partial charge in [0.05, 0.1) is 19.4 Å². The number of nitrogens with zero attached hydrogens (tertiary/aromatic N) is 2. The van der Waals surface area contributed by atoms with Gasteiger partial charge in [-0.05, 0) is 38.8 Å². The largest absolute Gasteiger partial charge is 0.496 e. The molecule has 0 aromatic heterocycles. The van der Waals surface area contributed by atoms with Gasteiger partial charge in [0.1, 0.15) is 5.75 Å². The van der Waals surface area contributed by atoms with Gasteiger partial charge in [0.2, 0.25) is 10.0 Å². The smallest absolute Gasteiger partial charge is 0.213 e. The zero-order chi connectivity index (χ0) is 19.9. The van der Waals surface area contributed by atoms with Crippen LogP contribution in [0.4, 0.5) is 0 Å². The number of hydrogen-bond donors (Lipinski definition) is 2. The Morgan fingerprint density at radius 3 is 2.63 bits per heavy atom. The maximum Gasteiger partial charge on any atom is 0.213 e. The van der Waals surface area contributed by atoms with E-state index in [1.807, 2.05) is 19.1 Å². The summed E-state index contributed by atoms with van der Waals surface area (Å²) in [5, 5.41) is 7.28. The molecule has 1 heterocycles. The predicted octanol–water partition coefficient (Wildman–Crippen LogP) is 2.22. The average molecular weight is 417 g/mol. The molecule has 27 heavy (non-hydrogen) atoms. The van der Waals surface area contributed by atoms with Gasteiger partial charge < -0.3 is 15.4 Å². The van der Waals surface area contributed by atoms with E-state index >= 15 is 0 Å². The fourth-order valence-electron chi connectivity index (χ4n) is 2.99. The number of ether oxygens (including phenoxy) is 1. The van der Waals surface area contributed by atoms with E-state index in [1.165, 1.54) is 0 Å². The molecule has 2 rings (SSSR count). The summed E-state index contributed by atoms with van der Waals surface area (Å²) in [5.74, 6) is 1.57. The summed E-state index contributed by atoms with van der Waals surface area (Å²) in [7, 11) is -1.49. The topological polar surface area (TPSA) is 83.0 Å². The highest BCUT2D eigenvalue weighted by Gasteiger charge is 2.27. The monoisotopic (exact) mass is 416 g/mol. The summed E-state index contributed by atoms with van der Waals surface area (Å²) in [6, 6.07) is 5.69. The minimum absolute atomic E-state index is 0.151. The van der Waals surface area contributed by atoms with Crippen molar-refractivity contribution in [3.63, 3.8) is 0 Å². The minimum Gasteiger partial charge on any atom is -0.496 e. The molecule has 1 aromatic carbocycles. The zero-order valence-electron chi connectivity index (χ0n) is 16.2. The number of benzene rings is 1. The standard InChI is InChI=1S/C18H29ClN4O3S/c1-4-20-18(21-13-14-6-7-15(19)12-17(14)26-3)22-16-8-10-23(11-9-16)27(24,25)5-2/h6-7,12,16H,4-5,8-11,13H2,1-3H3,(H2,20,21,22). The summed E-state index contributed by atoms with van der Waals surface area (Å²) in [5.41, 5.74) is 0.947. The van der Waals surface area contributed by atoms with Crippen LogP contribution in [0.15, 0.2) is 23.2 Å². The molecule has 9 heteroatoms. The molecule has 152 valence electrons. The first kappa shape index (κ1) is 21.8. The van der Waals surface area contributed by atoms with Gasteiger partial charge in [-0.1, -0.05) is 17.7 Å². The molecule has 2 N–H and O–H groups in total. The summed E-state index contributed by atoms with van der Waals surface area (Å²) < 4.78 is 30.9. The maximum atomic E-state index is 12.0. The van der Waals surface area contributed by atoms with Crippen molar-refractivity contribution >= 4 is 27.6 Å². The summed E-state index contributed by atoms with van der Waals surface area (Å²) >= 11 is 6.00. The van der Waals surface area contributed by atoms with Crippen LogP contribution < -0.4 is 15.4 Å². The first-order chi connectivity index (χ1) is 12.9. The van der Waals surface area contributed by atoms with Crippen LogP contribution in [0.5, 0.6) is 5.75 Å². The first-order valence-corrected chi connectivity index (χ1v) is 11.2. The number of piperidine rings is 1. The lowest BCUT2D eigenvalue weighted by Gasteiger charge is -2.32. The Kier molecular flexibility index (Phi) is 8.19. The van der Waals surface area contributed by atoms with Crippen molar-refractivity contribution < 1.29 is 13.2 Å². The maximum absolute atomic E-state index is 12.0. The van der Waals surface area contributed by atoms with Gasteiger partial charge in [-0.3, -0.25) is 0 Å². The first-order valence-electron chi connectivity index (χ1n) is 9.24. The summed E-state index contributed by atoms with van der Waals surface area (Å²) in [6.45, 7) is 5.97. The average Bonchev–Trinajstić information content (AvgIpc) is 2.67. The van der Waals surface area contributed by atoms with Crippen LogP contribution in [0.25, 0.3) is 0 Å². The Balaban J connectivity index is 1.99. The Hall–Kier alpha value is -1.51. The Bertz CT molecular complexity index is 747. The van der Waals surface area contributed by atoms with Gasteiger partial charge in [0.25, 0.3) is 0 Å². The summed E-state index contributed by atoms with van der Waals surface area (Å²) in [6.07, 6.45) is 1.52. The molecule has 0 aliphatic carbocycles. The fourth-order valence-corrected chi connectivity index (χ4v) is 4.28. The van der Waals surface area contributed by atoms with Crippen molar-refractivity contribution in [2.45, 2.75) is 39.3 Å². The molecule has 1 aliphatic heterocycles. The second kappa shape index (κ2) is 10.1. The third kappa shape index (κ3) is 6.26. The van der Waals surface area contributed by atoms with Crippen molar-refractivity contribution in [2.75, 3.05) is 32.5 Å². The molecule has 1 aliphatic rings. The van der Waals surface area contributed by atoms with E-state index in [0.29, 0.717) is 36.4 Å². The van der Waals surface area contributed by atoms with Gasteiger partial charge in [-0.2, -0.15) is 0 Å². The number of hydrogen-bond acceptors (Lipinski definition) is 4. The van der Waals surface area contributed by atoms with E-state index in [2.05, 4.69) is 15.6 Å². The molecule has 0 unspecified atom stereocenters. The Morgan fingerprint density at radius 2 is 2.04 bits per heavy atom. The van der Waals surface area contributed by atoms with Gasteiger partial charge in [-0.25, -0.2) is 17.7 Å². The molecule has 0 saturated carbocycles. The van der Waals surface area contributed by atoms with E-state index in [1.54, 1.807) is 24.4 Å². The number of nitrogens with one attached hydrogen (secondary N) is 2. The lowest BCUT2D eigenvalue weighted by molar-refractivity contribution is 0.306. The molecule has 1 fully saturated rings. The molecule has 0 radical (unpaired) electrons. The second-order valence-corrected chi connectivity index (χ2v) is 9.06. The van der Waals surface area contributed by atoms with Crippen LogP contribution in [0, 0.1) is 0 Å². The Morgan fingerprint density at radius 1 is 1.33 bits per heavy atom. The zero-order valence-corrected chi connectivity index (χ0v) is 17.7. The molecule has 0 spiro atoms. The Labute approximate surface area is 167 Å². The van der Waals surface area contributed by atoms with Crippen LogP contribution in [-0.4, -0.2) is 57.2 Å². The van der Waals surface area contributed by atoms with Gasteiger partial charge in [0.15, 0.2) is 5.96 Å². The van der Waals surface area contributed by atoms with Gasteiger partial charge >= 0.3 is 0 Å². The molecular formula is C18H29ClN4O3S. The molecular weight excluding hydrogens is 388 g/mol. The van der Waals surface area contributed by atoms with Crippen LogP contribution in [-0.2, 0) is 16.6 Å². The number of halogens is 1. The van der Waals surface area contributed by atoms with E-state index in [4.69, 9.17) is 16.3 Å². The number of methoxy groups -OCH3 is 1. The third-order valence-corrected chi connectivity index (χ3v) is 6.67. The minimum atomic E-state index is -3.11. The van der Waals surface area contributed by atoms with Gasteiger partial charge in [-0.15, -0.1) is 0 Å². The molecule has 1 aromatic rings. The number of rotatable bonds is 7. The molecule has 7 nitrogen and oxygen atoms in total. The molecule has 0 atom stereocenters. The fraction of sp³-hybridized carbons (Fsp3) is 0.611. The van der Waals surface area contributed by atoms with Crippen LogP contribution in [0.1, 0.15) is 32.3 Å². The predicted molar refractivity (Wildman–Crippen MR) is 110 cm³/mol. The molecule has 0 bridgehead atoms. The van der Waals surface area contributed by atoms with Crippen molar-refractivity contribution in [1.82, 2.24) is 14.9 Å². The quantitative estimate of drug-likeness (QED) is 0.526. The number of sulfonamides is 1. The number of guanidine groups is 1. The normalized spacial score (nSPS) is 17.0. The van der Waals surface area contributed by atoms with Crippen molar-refractivity contribution in [1.29, 1.82) is 0 Å². The highest BCUT2D eigenvalue weighted by atomic mass is 35.5. The second-order valence-electron chi connectivity index (χ2n) is 6.37.